The number of nitrogens with zero attached hydrogens (tertiary/aromatic N) is 7. The van der Waals surface area contributed by atoms with Crippen LogP contribution in [0.4, 0.5) is 22.0 Å². The fourth-order valence-electron chi connectivity index (χ4n) is 3.61. The van der Waals surface area contributed by atoms with Crippen LogP contribution in [0, 0.1) is 12.7 Å². The maximum absolute atomic E-state index is 14.6. The maximum atomic E-state index is 14.6. The highest BCUT2D eigenvalue weighted by atomic mass is 19.1. The van der Waals surface area contributed by atoms with Crippen molar-refractivity contribution in [1.82, 2.24) is 19.9 Å². The Labute approximate surface area is 164 Å². The van der Waals surface area contributed by atoms with Crippen LogP contribution in [0.3, 0.4) is 0 Å². The van der Waals surface area contributed by atoms with Crippen molar-refractivity contribution in [3.05, 3.63) is 29.6 Å². The highest BCUT2D eigenvalue weighted by Gasteiger charge is 2.24. The second-order valence-corrected chi connectivity index (χ2v) is 7.05. The Bertz CT molecular complexity index is 820. The van der Waals surface area contributed by atoms with Gasteiger partial charge >= 0.3 is 0 Å². The summed E-state index contributed by atoms with van der Waals surface area (Å²) in [6, 6.07) is 2.02. The van der Waals surface area contributed by atoms with E-state index in [2.05, 4.69) is 24.8 Å². The molecular weight excluding hydrogens is 361 g/mol. The van der Waals surface area contributed by atoms with Crippen LogP contribution < -0.4 is 14.7 Å². The molecule has 2 fully saturated rings. The summed E-state index contributed by atoms with van der Waals surface area (Å²) in [6.07, 6.45) is 2.00. The van der Waals surface area contributed by atoms with Gasteiger partial charge in [0.25, 0.3) is 0 Å². The SMILES string of the molecule is CCc1ncnc(N2CCN(c3nc(C)cc(N4CCOCC4)n3)CC2)c1F. The summed E-state index contributed by atoms with van der Waals surface area (Å²) in [5.41, 5.74) is 1.41. The lowest BCUT2D eigenvalue weighted by Gasteiger charge is -2.36. The molecule has 2 aliphatic rings. The Balaban J connectivity index is 1.47. The van der Waals surface area contributed by atoms with Gasteiger partial charge in [0.05, 0.1) is 18.9 Å². The predicted octanol–water partition coefficient (Wildman–Crippen LogP) is 1.44. The Morgan fingerprint density at radius 1 is 0.964 bits per heavy atom. The summed E-state index contributed by atoms with van der Waals surface area (Å²) in [5, 5.41) is 0. The van der Waals surface area contributed by atoms with Gasteiger partial charge in [0.2, 0.25) is 5.95 Å². The molecule has 0 amide bonds. The van der Waals surface area contributed by atoms with Gasteiger partial charge in [0, 0.05) is 51.0 Å². The van der Waals surface area contributed by atoms with E-state index in [9.17, 15) is 4.39 Å². The summed E-state index contributed by atoms with van der Waals surface area (Å²) >= 11 is 0. The zero-order chi connectivity index (χ0) is 19.5. The van der Waals surface area contributed by atoms with Crippen molar-refractivity contribution in [2.75, 3.05) is 67.2 Å². The first-order valence-corrected chi connectivity index (χ1v) is 9.83. The molecule has 9 heteroatoms. The van der Waals surface area contributed by atoms with Crippen LogP contribution in [0.5, 0.6) is 0 Å². The second-order valence-electron chi connectivity index (χ2n) is 7.05. The van der Waals surface area contributed by atoms with Crippen LogP contribution in [-0.4, -0.2) is 72.4 Å². The first-order chi connectivity index (χ1) is 13.7. The van der Waals surface area contributed by atoms with E-state index in [1.165, 1.54) is 6.33 Å². The highest BCUT2D eigenvalue weighted by Crippen LogP contribution is 2.23. The Morgan fingerprint density at radius 3 is 2.39 bits per heavy atom. The van der Waals surface area contributed by atoms with Crippen molar-refractivity contribution < 1.29 is 9.13 Å². The first-order valence-electron chi connectivity index (χ1n) is 9.83. The smallest absolute Gasteiger partial charge is 0.227 e. The molecule has 28 heavy (non-hydrogen) atoms. The van der Waals surface area contributed by atoms with E-state index in [0.29, 0.717) is 31.0 Å². The van der Waals surface area contributed by atoms with Crippen molar-refractivity contribution in [3.63, 3.8) is 0 Å². The van der Waals surface area contributed by atoms with E-state index in [0.717, 1.165) is 56.9 Å². The maximum Gasteiger partial charge on any atom is 0.227 e. The molecule has 0 N–H and O–H groups in total. The third kappa shape index (κ3) is 3.84. The predicted molar refractivity (Wildman–Crippen MR) is 106 cm³/mol. The zero-order valence-corrected chi connectivity index (χ0v) is 16.4. The van der Waals surface area contributed by atoms with Gasteiger partial charge in [-0.2, -0.15) is 4.98 Å². The Kier molecular flexibility index (Phi) is 5.52. The lowest BCUT2D eigenvalue weighted by atomic mass is 10.2. The number of piperazine rings is 1. The monoisotopic (exact) mass is 387 g/mol. The lowest BCUT2D eigenvalue weighted by Crippen LogP contribution is -2.48. The van der Waals surface area contributed by atoms with Crippen molar-refractivity contribution in [1.29, 1.82) is 0 Å². The van der Waals surface area contributed by atoms with Gasteiger partial charge in [-0.3, -0.25) is 0 Å². The molecule has 2 aromatic rings. The molecule has 0 unspecified atom stereocenters. The summed E-state index contributed by atoms with van der Waals surface area (Å²) in [4.78, 5) is 24.0. The van der Waals surface area contributed by atoms with Crippen molar-refractivity contribution in [2.45, 2.75) is 20.3 Å². The molecule has 150 valence electrons. The van der Waals surface area contributed by atoms with Crippen LogP contribution >= 0.6 is 0 Å². The van der Waals surface area contributed by atoms with Crippen molar-refractivity contribution in [2.24, 2.45) is 0 Å². The summed E-state index contributed by atoms with van der Waals surface area (Å²) < 4.78 is 20.0. The summed E-state index contributed by atoms with van der Waals surface area (Å²) in [6.45, 7) is 9.80. The quantitative estimate of drug-likeness (QED) is 0.781. The number of aryl methyl sites for hydroxylation is 2. The molecule has 4 rings (SSSR count). The Morgan fingerprint density at radius 2 is 1.68 bits per heavy atom. The average molecular weight is 387 g/mol. The molecule has 0 bridgehead atoms. The van der Waals surface area contributed by atoms with E-state index < -0.39 is 0 Å². The van der Waals surface area contributed by atoms with Gasteiger partial charge in [-0.05, 0) is 13.3 Å². The van der Waals surface area contributed by atoms with Gasteiger partial charge in [-0.1, -0.05) is 6.92 Å². The van der Waals surface area contributed by atoms with Crippen LogP contribution in [0.2, 0.25) is 0 Å². The van der Waals surface area contributed by atoms with E-state index in [1.54, 1.807) is 0 Å². The summed E-state index contributed by atoms with van der Waals surface area (Å²) in [7, 11) is 0. The molecular formula is C19H26FN7O. The Hall–Kier alpha value is -2.55. The van der Waals surface area contributed by atoms with Crippen LogP contribution in [0.15, 0.2) is 12.4 Å². The fourth-order valence-corrected chi connectivity index (χ4v) is 3.61. The van der Waals surface area contributed by atoms with Crippen LogP contribution in [-0.2, 0) is 11.2 Å². The fraction of sp³-hybridized carbons (Fsp3) is 0.579. The molecule has 0 radical (unpaired) electrons. The molecule has 0 aromatic carbocycles. The number of halogens is 1. The minimum atomic E-state index is -0.306. The third-order valence-electron chi connectivity index (χ3n) is 5.20. The van der Waals surface area contributed by atoms with Gasteiger partial charge < -0.3 is 19.4 Å². The largest absolute Gasteiger partial charge is 0.378 e. The van der Waals surface area contributed by atoms with E-state index >= 15 is 0 Å². The molecule has 2 aliphatic heterocycles. The number of anilines is 3. The second kappa shape index (κ2) is 8.22. The number of ether oxygens (including phenoxy) is 1. The molecule has 0 atom stereocenters. The molecule has 0 aliphatic carbocycles. The zero-order valence-electron chi connectivity index (χ0n) is 16.4. The molecule has 4 heterocycles. The van der Waals surface area contributed by atoms with Crippen LogP contribution in [0.25, 0.3) is 0 Å². The number of rotatable bonds is 4. The minimum absolute atomic E-state index is 0.306. The number of aromatic nitrogens is 4. The average Bonchev–Trinajstić information content (AvgIpc) is 2.74. The molecule has 2 saturated heterocycles. The van der Waals surface area contributed by atoms with Crippen molar-refractivity contribution >= 4 is 17.6 Å². The normalized spacial score (nSPS) is 17.9. The summed E-state index contributed by atoms with van der Waals surface area (Å²) in [5.74, 6) is 1.77. The molecule has 0 saturated carbocycles. The van der Waals surface area contributed by atoms with Crippen molar-refractivity contribution in [3.8, 4) is 0 Å². The number of hydrogen-bond acceptors (Lipinski definition) is 8. The van der Waals surface area contributed by atoms with Gasteiger partial charge in [-0.15, -0.1) is 0 Å². The number of hydrogen-bond donors (Lipinski definition) is 0. The van der Waals surface area contributed by atoms with Crippen LogP contribution in [0.1, 0.15) is 18.3 Å². The van der Waals surface area contributed by atoms with E-state index in [-0.39, 0.29) is 5.82 Å². The minimum Gasteiger partial charge on any atom is -0.378 e. The van der Waals surface area contributed by atoms with E-state index in [4.69, 9.17) is 9.72 Å². The van der Waals surface area contributed by atoms with Gasteiger partial charge in [-0.25, -0.2) is 19.3 Å². The van der Waals surface area contributed by atoms with Gasteiger partial charge in [0.1, 0.15) is 12.1 Å². The first kappa shape index (κ1) is 18.8. The standard InChI is InChI=1S/C19H26FN7O/c1-3-15-17(20)18(22-13-21-15)26-4-6-27(7-5-26)19-23-14(2)12-16(24-19)25-8-10-28-11-9-25/h12-13H,3-11H2,1-2H3. The lowest BCUT2D eigenvalue weighted by molar-refractivity contribution is 0.122. The van der Waals surface area contributed by atoms with E-state index in [1.807, 2.05) is 24.8 Å². The molecule has 0 spiro atoms. The third-order valence-corrected chi connectivity index (χ3v) is 5.20. The molecule has 8 nitrogen and oxygen atoms in total. The number of morpholine rings is 1. The topological polar surface area (TPSA) is 70.5 Å². The van der Waals surface area contributed by atoms with Gasteiger partial charge in [0.15, 0.2) is 11.6 Å². The highest BCUT2D eigenvalue weighted by molar-refractivity contribution is 5.48. The molecule has 2 aromatic heterocycles.